The van der Waals surface area contributed by atoms with E-state index >= 15 is 0 Å². The Balaban J connectivity index is 1.84. The number of carbonyl (C=O) groups is 1. The average molecular weight is 328 g/mol. The summed E-state index contributed by atoms with van der Waals surface area (Å²) in [5.74, 6) is 0.586. The zero-order chi connectivity index (χ0) is 16.3. The van der Waals surface area contributed by atoms with Gasteiger partial charge in [-0.15, -0.1) is 0 Å². The van der Waals surface area contributed by atoms with Gasteiger partial charge in [0.25, 0.3) is 0 Å². The molecule has 6 heteroatoms. The van der Waals surface area contributed by atoms with Crippen molar-refractivity contribution < 1.29 is 19.4 Å². The van der Waals surface area contributed by atoms with Crippen LogP contribution in [0.2, 0.25) is 5.02 Å². The van der Waals surface area contributed by atoms with Gasteiger partial charge in [0.05, 0.1) is 5.02 Å². The second-order valence-corrected chi connectivity index (χ2v) is 6.81. The lowest BCUT2D eigenvalue weighted by atomic mass is 10.1. The number of rotatable bonds is 2. The molecule has 1 saturated heterocycles. The number of benzene rings is 1. The SMILES string of the molecule is CC(C)(C)OC(=O)N1CCC(Oc2ccc(Cl)c(O)c2)CC1. The number of amides is 1. The van der Waals surface area contributed by atoms with Gasteiger partial charge in [-0.05, 0) is 32.9 Å². The van der Waals surface area contributed by atoms with Gasteiger partial charge >= 0.3 is 6.09 Å². The van der Waals surface area contributed by atoms with Crippen LogP contribution in [0.25, 0.3) is 0 Å². The molecular formula is C16H22ClNO4. The van der Waals surface area contributed by atoms with Crippen LogP contribution in [0.3, 0.4) is 0 Å². The van der Waals surface area contributed by atoms with Crippen LogP contribution < -0.4 is 4.74 Å². The molecule has 0 aromatic heterocycles. The first-order chi connectivity index (χ1) is 10.2. The molecule has 1 heterocycles. The maximum absolute atomic E-state index is 12.0. The van der Waals surface area contributed by atoms with Crippen LogP contribution in [0.5, 0.6) is 11.5 Å². The Labute approximate surface area is 135 Å². The lowest BCUT2D eigenvalue weighted by Crippen LogP contribution is -2.44. The summed E-state index contributed by atoms with van der Waals surface area (Å²) in [5, 5.41) is 9.87. The maximum Gasteiger partial charge on any atom is 0.410 e. The van der Waals surface area contributed by atoms with E-state index in [1.165, 1.54) is 6.07 Å². The third-order valence-corrected chi connectivity index (χ3v) is 3.63. The van der Waals surface area contributed by atoms with Gasteiger partial charge in [0.1, 0.15) is 23.2 Å². The lowest BCUT2D eigenvalue weighted by Gasteiger charge is -2.33. The normalized spacial score (nSPS) is 16.5. The summed E-state index contributed by atoms with van der Waals surface area (Å²) in [5.41, 5.74) is -0.481. The maximum atomic E-state index is 12.0. The van der Waals surface area contributed by atoms with Crippen molar-refractivity contribution in [2.24, 2.45) is 0 Å². The van der Waals surface area contributed by atoms with Crippen molar-refractivity contribution in [1.29, 1.82) is 0 Å². The van der Waals surface area contributed by atoms with Gasteiger partial charge < -0.3 is 19.5 Å². The first kappa shape index (κ1) is 16.7. The largest absolute Gasteiger partial charge is 0.506 e. The Hall–Kier alpha value is -1.62. The molecule has 1 aromatic carbocycles. The van der Waals surface area contributed by atoms with Gasteiger partial charge in [0, 0.05) is 32.0 Å². The number of aromatic hydroxyl groups is 1. The van der Waals surface area contributed by atoms with Gasteiger partial charge in [0.2, 0.25) is 0 Å². The third kappa shape index (κ3) is 4.70. The predicted octanol–water partition coefficient (Wildman–Crippen LogP) is 3.82. The van der Waals surface area contributed by atoms with Crippen molar-refractivity contribution in [2.45, 2.75) is 45.3 Å². The molecule has 2 rings (SSSR count). The molecule has 0 unspecified atom stereocenters. The number of likely N-dealkylation sites (tertiary alicyclic amines) is 1. The first-order valence-electron chi connectivity index (χ1n) is 7.38. The highest BCUT2D eigenvalue weighted by molar-refractivity contribution is 6.32. The van der Waals surface area contributed by atoms with E-state index in [1.54, 1.807) is 17.0 Å². The first-order valence-corrected chi connectivity index (χ1v) is 7.75. The monoisotopic (exact) mass is 327 g/mol. The molecule has 0 atom stereocenters. The van der Waals surface area contributed by atoms with E-state index in [-0.39, 0.29) is 17.9 Å². The molecule has 0 aliphatic carbocycles. The Morgan fingerprint density at radius 2 is 1.95 bits per heavy atom. The highest BCUT2D eigenvalue weighted by Gasteiger charge is 2.27. The molecule has 1 fully saturated rings. The van der Waals surface area contributed by atoms with Crippen molar-refractivity contribution >= 4 is 17.7 Å². The van der Waals surface area contributed by atoms with Crippen LogP contribution in [-0.4, -0.2) is 40.9 Å². The van der Waals surface area contributed by atoms with Gasteiger partial charge in [-0.3, -0.25) is 0 Å². The smallest absolute Gasteiger partial charge is 0.410 e. The predicted molar refractivity (Wildman–Crippen MR) is 84.6 cm³/mol. The molecule has 1 amide bonds. The summed E-state index contributed by atoms with van der Waals surface area (Å²) in [4.78, 5) is 13.7. The highest BCUT2D eigenvalue weighted by atomic mass is 35.5. The van der Waals surface area contributed by atoms with Crippen LogP contribution in [0.4, 0.5) is 4.79 Å². The molecular weight excluding hydrogens is 306 g/mol. The van der Waals surface area contributed by atoms with Gasteiger partial charge in [0.15, 0.2) is 0 Å². The van der Waals surface area contributed by atoms with Crippen molar-refractivity contribution in [1.82, 2.24) is 4.90 Å². The Morgan fingerprint density at radius 3 is 2.50 bits per heavy atom. The summed E-state index contributed by atoms with van der Waals surface area (Å²) < 4.78 is 11.2. The minimum Gasteiger partial charge on any atom is -0.506 e. The lowest BCUT2D eigenvalue weighted by molar-refractivity contribution is 0.0126. The molecule has 1 aliphatic heterocycles. The number of halogens is 1. The topological polar surface area (TPSA) is 59.0 Å². The molecule has 0 radical (unpaired) electrons. The number of phenols is 1. The molecule has 5 nitrogen and oxygen atoms in total. The third-order valence-electron chi connectivity index (χ3n) is 3.31. The minimum atomic E-state index is -0.481. The van der Waals surface area contributed by atoms with E-state index in [1.807, 2.05) is 20.8 Å². The molecule has 122 valence electrons. The zero-order valence-corrected chi connectivity index (χ0v) is 13.9. The number of nitrogens with zero attached hydrogens (tertiary/aromatic N) is 1. The second-order valence-electron chi connectivity index (χ2n) is 6.40. The van der Waals surface area contributed by atoms with E-state index in [0.717, 1.165) is 12.8 Å². The van der Waals surface area contributed by atoms with Crippen LogP contribution in [0.1, 0.15) is 33.6 Å². The summed E-state index contributed by atoms with van der Waals surface area (Å²) in [6.45, 7) is 6.76. The second kappa shape index (κ2) is 6.65. The molecule has 0 bridgehead atoms. The van der Waals surface area contributed by atoms with Crippen LogP contribution in [-0.2, 0) is 4.74 Å². The number of hydrogen-bond donors (Lipinski definition) is 1. The number of phenolic OH excluding ortho intramolecular Hbond substituents is 1. The van der Waals surface area contributed by atoms with Gasteiger partial charge in [-0.25, -0.2) is 4.79 Å². The van der Waals surface area contributed by atoms with Crippen LogP contribution >= 0.6 is 11.6 Å². The van der Waals surface area contributed by atoms with E-state index in [2.05, 4.69) is 0 Å². The Morgan fingerprint density at radius 1 is 1.32 bits per heavy atom. The van der Waals surface area contributed by atoms with Gasteiger partial charge in [-0.1, -0.05) is 11.6 Å². The summed E-state index contributed by atoms with van der Waals surface area (Å²) >= 11 is 5.77. The van der Waals surface area contributed by atoms with Crippen LogP contribution in [0, 0.1) is 0 Å². The Kier molecular flexibility index (Phi) is 5.06. The quantitative estimate of drug-likeness (QED) is 0.897. The molecule has 0 saturated carbocycles. The van der Waals surface area contributed by atoms with E-state index < -0.39 is 5.60 Å². The molecule has 1 aliphatic rings. The van der Waals surface area contributed by atoms with Gasteiger partial charge in [-0.2, -0.15) is 0 Å². The fourth-order valence-corrected chi connectivity index (χ4v) is 2.36. The van der Waals surface area contributed by atoms with E-state index in [0.29, 0.717) is 23.9 Å². The standard InChI is InChI=1S/C16H22ClNO4/c1-16(2,3)22-15(20)18-8-6-11(7-9-18)21-12-4-5-13(17)14(19)10-12/h4-5,10-11,19H,6-9H2,1-3H3. The Bertz CT molecular complexity index is 533. The van der Waals surface area contributed by atoms with E-state index in [4.69, 9.17) is 21.1 Å². The minimum absolute atomic E-state index is 0.00496. The number of piperidine rings is 1. The molecule has 1 N–H and O–H groups in total. The van der Waals surface area contributed by atoms with Crippen molar-refractivity contribution in [3.05, 3.63) is 23.2 Å². The number of ether oxygens (including phenoxy) is 2. The van der Waals surface area contributed by atoms with E-state index in [9.17, 15) is 9.90 Å². The fourth-order valence-electron chi connectivity index (χ4n) is 2.24. The average Bonchev–Trinajstić information content (AvgIpc) is 2.42. The number of carbonyl (C=O) groups excluding carboxylic acids is 1. The van der Waals surface area contributed by atoms with Crippen molar-refractivity contribution in [3.8, 4) is 11.5 Å². The summed E-state index contributed by atoms with van der Waals surface area (Å²) in [6.07, 6.45) is 1.18. The number of hydrogen-bond acceptors (Lipinski definition) is 4. The highest BCUT2D eigenvalue weighted by Crippen LogP contribution is 2.29. The summed E-state index contributed by atoms with van der Waals surface area (Å²) in [7, 11) is 0. The fraction of sp³-hybridized carbons (Fsp3) is 0.562. The molecule has 1 aromatic rings. The molecule has 0 spiro atoms. The zero-order valence-electron chi connectivity index (χ0n) is 13.1. The van der Waals surface area contributed by atoms with Crippen molar-refractivity contribution in [2.75, 3.05) is 13.1 Å². The van der Waals surface area contributed by atoms with Crippen LogP contribution in [0.15, 0.2) is 18.2 Å². The summed E-state index contributed by atoms with van der Waals surface area (Å²) in [6, 6.07) is 4.83. The van der Waals surface area contributed by atoms with Crippen molar-refractivity contribution in [3.63, 3.8) is 0 Å². The molecule has 22 heavy (non-hydrogen) atoms.